The molecule has 0 spiro atoms. The summed E-state index contributed by atoms with van der Waals surface area (Å²) in [4.78, 5) is 11.2. The van der Waals surface area contributed by atoms with Gasteiger partial charge in [-0.25, -0.2) is 0 Å². The number of hydrogen-bond acceptors (Lipinski definition) is 3. The van der Waals surface area contributed by atoms with Crippen molar-refractivity contribution in [1.82, 2.24) is 0 Å². The van der Waals surface area contributed by atoms with Gasteiger partial charge in [0.05, 0.1) is 11.9 Å². The maximum absolute atomic E-state index is 13.0. The Hall–Kier alpha value is -0.670. The molecule has 1 unspecified atom stereocenters. The minimum absolute atomic E-state index is 0.0159. The predicted octanol–water partition coefficient (Wildman–Crippen LogP) is 4.67. The Balaban J connectivity index is 4.18. The molecule has 0 aromatic rings. The fraction of sp³-hybridized carbons (Fsp3) is 0.917. The summed E-state index contributed by atoms with van der Waals surface area (Å²) >= 11 is 1.06. The first kappa shape index (κ1) is 21.3. The highest BCUT2D eigenvalue weighted by Gasteiger charge is 2.72. The summed E-state index contributed by atoms with van der Waals surface area (Å²) in [7, 11) is 0. The van der Waals surface area contributed by atoms with Crippen molar-refractivity contribution in [3.05, 3.63) is 0 Å². The van der Waals surface area contributed by atoms with Gasteiger partial charge in [-0.3, -0.25) is 4.79 Å². The molecule has 132 valence electrons. The Morgan fingerprint density at radius 3 is 2.09 bits per heavy atom. The van der Waals surface area contributed by atoms with Crippen LogP contribution in [0.5, 0.6) is 0 Å². The lowest BCUT2D eigenvalue weighted by molar-refractivity contribution is -0.355. The largest absolute Gasteiger partial charge is 0.465 e. The van der Waals surface area contributed by atoms with Crippen molar-refractivity contribution < 1.29 is 40.3 Å². The molecule has 0 fully saturated rings. The number of alkyl halides is 7. The third-order valence-electron chi connectivity index (χ3n) is 2.69. The molecule has 0 radical (unpaired) electrons. The summed E-state index contributed by atoms with van der Waals surface area (Å²) in [5.74, 6) is -11.5. The lowest BCUT2D eigenvalue weighted by atomic mass is 10.0. The van der Waals surface area contributed by atoms with Gasteiger partial charge in [0.1, 0.15) is 0 Å². The van der Waals surface area contributed by atoms with E-state index in [2.05, 4.69) is 0 Å². The first-order chi connectivity index (χ1) is 9.87. The van der Waals surface area contributed by atoms with Crippen LogP contribution in [0.2, 0.25) is 0 Å². The molecular weight excluding hydrogens is 341 g/mol. The standard InChI is InChI=1S/C12H17F7O2S/c1-3-21-9(20)8(2)22-7-5-4-6-10(13,14)11(15,16)12(17,18)19/h8H,3-7H2,1-2H3. The Morgan fingerprint density at radius 2 is 1.64 bits per heavy atom. The summed E-state index contributed by atoms with van der Waals surface area (Å²) in [6.07, 6.45) is -8.39. The zero-order valence-corrected chi connectivity index (χ0v) is 12.8. The molecule has 0 heterocycles. The maximum atomic E-state index is 13.0. The molecule has 0 amide bonds. The van der Waals surface area contributed by atoms with Crippen molar-refractivity contribution in [2.75, 3.05) is 12.4 Å². The number of esters is 1. The minimum atomic E-state index is -6.29. The van der Waals surface area contributed by atoms with Crippen LogP contribution in [-0.4, -0.2) is 41.6 Å². The van der Waals surface area contributed by atoms with E-state index >= 15 is 0 Å². The molecule has 10 heteroatoms. The molecular formula is C12H17F7O2S. The second kappa shape index (κ2) is 8.26. The third kappa shape index (κ3) is 5.85. The van der Waals surface area contributed by atoms with E-state index in [4.69, 9.17) is 4.74 Å². The smallest absolute Gasteiger partial charge is 0.459 e. The average Bonchev–Trinajstić information content (AvgIpc) is 2.36. The second-order valence-electron chi connectivity index (χ2n) is 4.50. The van der Waals surface area contributed by atoms with E-state index in [1.165, 1.54) is 6.92 Å². The predicted molar refractivity (Wildman–Crippen MR) is 68.4 cm³/mol. The van der Waals surface area contributed by atoms with Gasteiger partial charge in [-0.05, 0) is 32.4 Å². The van der Waals surface area contributed by atoms with Gasteiger partial charge in [-0.2, -0.15) is 30.7 Å². The van der Waals surface area contributed by atoms with Crippen LogP contribution < -0.4 is 0 Å². The van der Waals surface area contributed by atoms with Crippen LogP contribution in [0.15, 0.2) is 0 Å². The molecule has 0 N–H and O–H groups in total. The van der Waals surface area contributed by atoms with Crippen LogP contribution >= 0.6 is 11.8 Å². The molecule has 0 aromatic carbocycles. The van der Waals surface area contributed by atoms with E-state index in [1.54, 1.807) is 6.92 Å². The summed E-state index contributed by atoms with van der Waals surface area (Å²) in [5.41, 5.74) is 0. The van der Waals surface area contributed by atoms with Gasteiger partial charge in [0.15, 0.2) is 0 Å². The SMILES string of the molecule is CCOC(=O)C(C)SCCCCC(F)(F)C(F)(F)C(F)(F)F. The number of ether oxygens (including phenoxy) is 1. The van der Waals surface area contributed by atoms with Gasteiger partial charge < -0.3 is 4.74 Å². The highest BCUT2D eigenvalue weighted by atomic mass is 32.2. The van der Waals surface area contributed by atoms with Gasteiger partial charge in [-0.1, -0.05) is 0 Å². The van der Waals surface area contributed by atoms with Gasteiger partial charge >= 0.3 is 24.0 Å². The van der Waals surface area contributed by atoms with Gasteiger partial charge in [0.25, 0.3) is 0 Å². The molecule has 2 nitrogen and oxygen atoms in total. The van der Waals surface area contributed by atoms with Crippen LogP contribution in [0.3, 0.4) is 0 Å². The van der Waals surface area contributed by atoms with Gasteiger partial charge in [0.2, 0.25) is 0 Å². The monoisotopic (exact) mass is 358 g/mol. The molecule has 0 saturated heterocycles. The molecule has 0 rings (SSSR count). The van der Waals surface area contributed by atoms with Crippen LogP contribution in [-0.2, 0) is 9.53 Å². The Morgan fingerprint density at radius 1 is 1.09 bits per heavy atom. The van der Waals surface area contributed by atoms with Gasteiger partial charge in [0, 0.05) is 6.42 Å². The van der Waals surface area contributed by atoms with E-state index < -0.39 is 42.1 Å². The zero-order chi connectivity index (χ0) is 17.6. The molecule has 0 aliphatic carbocycles. The summed E-state index contributed by atoms with van der Waals surface area (Å²) in [6.45, 7) is 3.32. The fourth-order valence-electron chi connectivity index (χ4n) is 1.40. The topological polar surface area (TPSA) is 26.3 Å². The molecule has 0 aromatic heterocycles. The zero-order valence-electron chi connectivity index (χ0n) is 12.0. The van der Waals surface area contributed by atoms with E-state index in [-0.39, 0.29) is 18.8 Å². The van der Waals surface area contributed by atoms with E-state index in [0.717, 1.165) is 11.8 Å². The van der Waals surface area contributed by atoms with Crippen molar-refractivity contribution in [2.24, 2.45) is 0 Å². The third-order valence-corrected chi connectivity index (χ3v) is 3.90. The quantitative estimate of drug-likeness (QED) is 0.340. The number of halogens is 7. The Labute approximate surface area is 127 Å². The number of unbranched alkanes of at least 4 members (excludes halogenated alkanes) is 1. The van der Waals surface area contributed by atoms with E-state index in [0.29, 0.717) is 0 Å². The summed E-state index contributed by atoms with van der Waals surface area (Å²) in [5, 5.41) is -0.558. The second-order valence-corrected chi connectivity index (χ2v) is 5.95. The molecule has 22 heavy (non-hydrogen) atoms. The highest BCUT2D eigenvalue weighted by molar-refractivity contribution is 8.00. The Bertz CT molecular complexity index is 358. The highest BCUT2D eigenvalue weighted by Crippen LogP contribution is 2.48. The maximum Gasteiger partial charge on any atom is 0.459 e. The van der Waals surface area contributed by atoms with Crippen molar-refractivity contribution in [3.8, 4) is 0 Å². The summed E-state index contributed by atoms with van der Waals surface area (Å²) in [6, 6.07) is 0. The molecule has 0 saturated carbocycles. The normalized spacial score (nSPS) is 14.8. The lowest BCUT2D eigenvalue weighted by Crippen LogP contribution is -2.51. The van der Waals surface area contributed by atoms with Gasteiger partial charge in [-0.15, -0.1) is 11.8 Å². The molecule has 0 aliphatic heterocycles. The minimum Gasteiger partial charge on any atom is -0.465 e. The number of hydrogen-bond donors (Lipinski definition) is 0. The number of carbonyl (C=O) groups excluding carboxylic acids is 1. The molecule has 0 bridgehead atoms. The number of thioether (sulfide) groups is 1. The van der Waals surface area contributed by atoms with Crippen molar-refractivity contribution in [3.63, 3.8) is 0 Å². The van der Waals surface area contributed by atoms with E-state index in [9.17, 15) is 35.5 Å². The Kier molecular flexibility index (Phi) is 8.01. The number of carbonyl (C=O) groups is 1. The first-order valence-electron chi connectivity index (χ1n) is 6.47. The van der Waals surface area contributed by atoms with Crippen molar-refractivity contribution >= 4 is 17.7 Å². The van der Waals surface area contributed by atoms with Crippen LogP contribution in [0.4, 0.5) is 30.7 Å². The van der Waals surface area contributed by atoms with Crippen molar-refractivity contribution in [2.45, 2.75) is 56.4 Å². The van der Waals surface area contributed by atoms with Crippen molar-refractivity contribution in [1.29, 1.82) is 0 Å². The summed E-state index contributed by atoms with van der Waals surface area (Å²) < 4.78 is 91.5. The molecule has 1 atom stereocenters. The van der Waals surface area contributed by atoms with Crippen LogP contribution in [0, 0.1) is 0 Å². The van der Waals surface area contributed by atoms with E-state index in [1.807, 2.05) is 0 Å². The molecule has 0 aliphatic rings. The number of rotatable bonds is 9. The van der Waals surface area contributed by atoms with Crippen LogP contribution in [0.1, 0.15) is 33.1 Å². The fourth-order valence-corrected chi connectivity index (χ4v) is 2.33. The first-order valence-corrected chi connectivity index (χ1v) is 7.52. The van der Waals surface area contributed by atoms with Crippen LogP contribution in [0.25, 0.3) is 0 Å². The lowest BCUT2D eigenvalue weighted by Gasteiger charge is -2.28. The average molecular weight is 358 g/mol.